The number of fused-ring (bicyclic) bond motifs is 1. The van der Waals surface area contributed by atoms with Crippen LogP contribution in [0, 0.1) is 5.92 Å². The van der Waals surface area contributed by atoms with Gasteiger partial charge in [-0.3, -0.25) is 14.4 Å². The monoisotopic (exact) mass is 486 g/mol. The van der Waals surface area contributed by atoms with Gasteiger partial charge in [-0.1, -0.05) is 29.8 Å². The first-order valence-electron chi connectivity index (χ1n) is 10.7. The van der Waals surface area contributed by atoms with E-state index < -0.39 is 5.97 Å². The predicted octanol–water partition coefficient (Wildman–Crippen LogP) is 4.35. The first-order valence-corrected chi connectivity index (χ1v) is 11.8. The summed E-state index contributed by atoms with van der Waals surface area (Å²) >= 11 is 7.66. The zero-order chi connectivity index (χ0) is 23.4. The van der Waals surface area contributed by atoms with Crippen LogP contribution in [-0.2, 0) is 4.79 Å². The Bertz CT molecular complexity index is 1180. The molecule has 2 atom stereocenters. The number of hydrogen-bond acceptors (Lipinski definition) is 5. The second-order valence-corrected chi connectivity index (χ2v) is 9.30. The van der Waals surface area contributed by atoms with E-state index in [4.69, 9.17) is 21.4 Å². The molecule has 0 saturated heterocycles. The van der Waals surface area contributed by atoms with Crippen LogP contribution in [0.15, 0.2) is 48.5 Å². The van der Waals surface area contributed by atoms with E-state index >= 15 is 0 Å². The van der Waals surface area contributed by atoms with Gasteiger partial charge in [0.25, 0.3) is 11.8 Å². The Kier molecular flexibility index (Phi) is 7.15. The van der Waals surface area contributed by atoms with Gasteiger partial charge in [-0.2, -0.15) is 0 Å². The van der Waals surface area contributed by atoms with Gasteiger partial charge in [-0.25, -0.2) is 0 Å². The number of carbonyl (C=O) groups excluding carboxylic acids is 2. The van der Waals surface area contributed by atoms with E-state index in [-0.39, 0.29) is 36.9 Å². The summed E-state index contributed by atoms with van der Waals surface area (Å²) in [5.74, 6) is -1.06. The number of benzene rings is 2. The number of carboxylic acid groups (broad SMARTS) is 1. The third-order valence-electron chi connectivity index (χ3n) is 5.59. The van der Waals surface area contributed by atoms with Gasteiger partial charge in [0.1, 0.15) is 10.6 Å². The van der Waals surface area contributed by atoms with Crippen molar-refractivity contribution in [2.24, 2.45) is 5.92 Å². The minimum Gasteiger partial charge on any atom is -0.490 e. The van der Waals surface area contributed by atoms with Crippen LogP contribution in [0.2, 0.25) is 5.02 Å². The van der Waals surface area contributed by atoms with Crippen molar-refractivity contribution in [1.29, 1.82) is 0 Å². The lowest BCUT2D eigenvalue weighted by atomic mass is 10.1. The van der Waals surface area contributed by atoms with Gasteiger partial charge >= 0.3 is 5.97 Å². The van der Waals surface area contributed by atoms with E-state index in [2.05, 4.69) is 10.6 Å². The number of aliphatic carboxylic acids is 1. The number of nitrogens with one attached hydrogen (secondary N) is 2. The molecule has 0 aliphatic heterocycles. The molecule has 1 aliphatic carbocycles. The summed E-state index contributed by atoms with van der Waals surface area (Å²) in [4.78, 5) is 36.3. The van der Waals surface area contributed by atoms with E-state index in [1.165, 1.54) is 11.3 Å². The van der Waals surface area contributed by atoms with E-state index in [0.717, 1.165) is 10.1 Å². The second kappa shape index (κ2) is 10.2. The molecule has 1 aliphatic rings. The summed E-state index contributed by atoms with van der Waals surface area (Å²) in [5, 5.41) is 15.9. The fraction of sp³-hybridized carbons (Fsp3) is 0.292. The maximum atomic E-state index is 12.4. The first kappa shape index (κ1) is 23.1. The smallest absolute Gasteiger partial charge is 0.306 e. The van der Waals surface area contributed by atoms with Crippen molar-refractivity contribution in [3.63, 3.8) is 0 Å². The molecule has 4 rings (SSSR count). The Labute approximate surface area is 199 Å². The largest absolute Gasteiger partial charge is 0.490 e. The molecule has 2 amide bonds. The summed E-state index contributed by atoms with van der Waals surface area (Å²) in [6.07, 6.45) is 1.70. The summed E-state index contributed by atoms with van der Waals surface area (Å²) in [7, 11) is 0. The SMILES string of the molecule is O=C(NCCNC(=O)c1sc2ccccc2c1Cl)c1ccc(O[C@@H]2CC[C@H](C(=O)O)C2)cc1. The lowest BCUT2D eigenvalue weighted by Crippen LogP contribution is -2.34. The molecule has 3 aromatic rings. The van der Waals surface area contributed by atoms with Gasteiger partial charge < -0.3 is 20.5 Å². The standard InChI is InChI=1S/C24H23ClN2O5S/c25-20-18-3-1-2-4-19(18)33-21(20)23(29)27-12-11-26-22(28)14-5-8-16(9-6-14)32-17-10-7-15(13-17)24(30)31/h1-6,8-9,15,17H,7,10-13H2,(H,26,28)(H,27,29)(H,30,31)/t15-,17+/m0/s1. The van der Waals surface area contributed by atoms with Crippen molar-refractivity contribution in [2.45, 2.75) is 25.4 Å². The third-order valence-corrected chi connectivity index (χ3v) is 7.26. The third kappa shape index (κ3) is 5.46. The molecular weight excluding hydrogens is 464 g/mol. The first-order chi connectivity index (χ1) is 15.9. The maximum Gasteiger partial charge on any atom is 0.306 e. The highest BCUT2D eigenvalue weighted by Gasteiger charge is 2.31. The topological polar surface area (TPSA) is 105 Å². The van der Waals surface area contributed by atoms with Crippen LogP contribution in [0.5, 0.6) is 5.75 Å². The van der Waals surface area contributed by atoms with Gasteiger partial charge in [0.15, 0.2) is 0 Å². The zero-order valence-electron chi connectivity index (χ0n) is 17.7. The van der Waals surface area contributed by atoms with Crippen molar-refractivity contribution < 1.29 is 24.2 Å². The predicted molar refractivity (Wildman–Crippen MR) is 127 cm³/mol. The molecule has 0 bridgehead atoms. The Balaban J connectivity index is 1.22. The molecule has 0 radical (unpaired) electrons. The molecule has 0 spiro atoms. The molecular formula is C24H23ClN2O5S. The average Bonchev–Trinajstić information content (AvgIpc) is 3.42. The van der Waals surface area contributed by atoms with Crippen LogP contribution in [0.1, 0.15) is 39.3 Å². The lowest BCUT2D eigenvalue weighted by molar-refractivity contribution is -0.141. The van der Waals surface area contributed by atoms with E-state index in [1.807, 2.05) is 24.3 Å². The van der Waals surface area contributed by atoms with Gasteiger partial charge in [-0.15, -0.1) is 11.3 Å². The molecule has 33 heavy (non-hydrogen) atoms. The van der Waals surface area contributed by atoms with Gasteiger partial charge in [0, 0.05) is 28.7 Å². The van der Waals surface area contributed by atoms with Crippen molar-refractivity contribution in [3.05, 3.63) is 64.0 Å². The van der Waals surface area contributed by atoms with Crippen molar-refractivity contribution >= 4 is 50.8 Å². The number of ether oxygens (including phenoxy) is 1. The molecule has 0 unspecified atom stereocenters. The Morgan fingerprint density at radius 3 is 2.36 bits per heavy atom. The van der Waals surface area contributed by atoms with Gasteiger partial charge in [0.05, 0.1) is 17.0 Å². The van der Waals surface area contributed by atoms with E-state index in [0.29, 0.717) is 40.5 Å². The quantitative estimate of drug-likeness (QED) is 0.411. The number of halogens is 1. The highest BCUT2D eigenvalue weighted by atomic mass is 35.5. The lowest BCUT2D eigenvalue weighted by Gasteiger charge is -2.14. The fourth-order valence-electron chi connectivity index (χ4n) is 3.84. The fourth-order valence-corrected chi connectivity index (χ4v) is 5.28. The molecule has 1 aromatic heterocycles. The molecule has 172 valence electrons. The molecule has 1 fully saturated rings. The molecule has 1 saturated carbocycles. The molecule has 2 aromatic carbocycles. The van der Waals surface area contributed by atoms with Crippen LogP contribution in [-0.4, -0.2) is 42.1 Å². The molecule has 3 N–H and O–H groups in total. The normalized spacial score (nSPS) is 17.6. The number of hydrogen-bond donors (Lipinski definition) is 3. The van der Waals surface area contributed by atoms with Gasteiger partial charge in [0.2, 0.25) is 0 Å². The van der Waals surface area contributed by atoms with Crippen LogP contribution < -0.4 is 15.4 Å². The molecule has 1 heterocycles. The number of thiophene rings is 1. The summed E-state index contributed by atoms with van der Waals surface area (Å²) in [6.45, 7) is 0.534. The minimum absolute atomic E-state index is 0.121. The summed E-state index contributed by atoms with van der Waals surface area (Å²) in [5.41, 5.74) is 0.469. The minimum atomic E-state index is -0.781. The Hall–Kier alpha value is -3.10. The highest BCUT2D eigenvalue weighted by Crippen LogP contribution is 2.35. The molecule has 9 heteroatoms. The maximum absolute atomic E-state index is 12.4. The van der Waals surface area contributed by atoms with Crippen molar-refractivity contribution in [2.75, 3.05) is 13.1 Å². The van der Waals surface area contributed by atoms with E-state index in [9.17, 15) is 14.4 Å². The summed E-state index contributed by atoms with van der Waals surface area (Å²) in [6, 6.07) is 14.3. The van der Waals surface area contributed by atoms with E-state index in [1.54, 1.807) is 24.3 Å². The van der Waals surface area contributed by atoms with Gasteiger partial charge in [-0.05, 0) is 49.6 Å². The Morgan fingerprint density at radius 2 is 1.70 bits per heavy atom. The molecule has 7 nitrogen and oxygen atoms in total. The van der Waals surface area contributed by atoms with Crippen LogP contribution in [0.25, 0.3) is 10.1 Å². The van der Waals surface area contributed by atoms with Crippen LogP contribution in [0.3, 0.4) is 0 Å². The number of carbonyl (C=O) groups is 3. The number of rotatable bonds is 8. The van der Waals surface area contributed by atoms with Crippen LogP contribution in [0.4, 0.5) is 0 Å². The Morgan fingerprint density at radius 1 is 1.00 bits per heavy atom. The van der Waals surface area contributed by atoms with Crippen molar-refractivity contribution in [3.8, 4) is 5.75 Å². The van der Waals surface area contributed by atoms with Crippen LogP contribution >= 0.6 is 22.9 Å². The highest BCUT2D eigenvalue weighted by molar-refractivity contribution is 7.21. The number of carboxylic acids is 1. The summed E-state index contributed by atoms with van der Waals surface area (Å²) < 4.78 is 6.78. The average molecular weight is 487 g/mol. The zero-order valence-corrected chi connectivity index (χ0v) is 19.2. The van der Waals surface area contributed by atoms with Crippen molar-refractivity contribution in [1.82, 2.24) is 10.6 Å². The second-order valence-electron chi connectivity index (χ2n) is 7.87. The number of amides is 2.